The molecule has 20 heavy (non-hydrogen) atoms. The van der Waals surface area contributed by atoms with Crippen molar-refractivity contribution in [1.82, 2.24) is 0 Å². The van der Waals surface area contributed by atoms with Gasteiger partial charge in [-0.1, -0.05) is 41.4 Å². The van der Waals surface area contributed by atoms with Gasteiger partial charge in [-0.25, -0.2) is 0 Å². The molecule has 1 heterocycles. The van der Waals surface area contributed by atoms with Gasteiger partial charge in [-0.2, -0.15) is 0 Å². The molecule has 0 amide bonds. The number of benzodiazepines with no additional fused rings is 1. The first-order chi connectivity index (χ1) is 9.65. The maximum atomic E-state index is 9.93. The second-order valence-electron chi connectivity index (χ2n) is 4.51. The smallest absolute Gasteiger partial charge is 0.163 e. The lowest BCUT2D eigenvalue weighted by Gasteiger charge is -2.11. The number of β-amino-alcohol motifs (C(OH)–C–C–N with tert-alkyl or cyclic N) is 1. The molecule has 0 aliphatic carbocycles. The van der Waals surface area contributed by atoms with Crippen molar-refractivity contribution in [2.45, 2.75) is 6.23 Å². The van der Waals surface area contributed by atoms with E-state index >= 15 is 0 Å². The Morgan fingerprint density at radius 2 is 1.90 bits per heavy atom. The molecule has 0 saturated heterocycles. The SMILES string of the molecule is OC1CNc2ccc(Cl)cc2C(c2ccccc2Cl)=N1. The number of aliphatic hydroxyl groups excluding tert-OH is 1. The molecule has 1 unspecified atom stereocenters. The molecule has 5 heteroatoms. The molecule has 0 spiro atoms. The molecule has 2 aromatic rings. The van der Waals surface area contributed by atoms with Crippen LogP contribution in [-0.4, -0.2) is 23.6 Å². The summed E-state index contributed by atoms with van der Waals surface area (Å²) in [6, 6.07) is 12.9. The lowest BCUT2D eigenvalue weighted by Crippen LogP contribution is -2.15. The van der Waals surface area contributed by atoms with Crippen molar-refractivity contribution in [2.24, 2.45) is 4.99 Å². The quantitative estimate of drug-likeness (QED) is 0.846. The Hall–Kier alpha value is -1.55. The van der Waals surface area contributed by atoms with Gasteiger partial charge in [0, 0.05) is 26.9 Å². The van der Waals surface area contributed by atoms with Crippen molar-refractivity contribution in [3.05, 3.63) is 63.6 Å². The van der Waals surface area contributed by atoms with Gasteiger partial charge in [0.1, 0.15) is 0 Å². The summed E-state index contributed by atoms with van der Waals surface area (Å²) < 4.78 is 0. The molecule has 2 aromatic carbocycles. The monoisotopic (exact) mass is 306 g/mol. The van der Waals surface area contributed by atoms with Crippen molar-refractivity contribution in [3.63, 3.8) is 0 Å². The molecule has 3 nitrogen and oxygen atoms in total. The standard InChI is InChI=1S/C15H12Cl2N2O/c16-9-5-6-13-11(7-9)15(19-14(20)8-18-13)10-3-1-2-4-12(10)17/h1-7,14,18,20H,8H2. The van der Waals surface area contributed by atoms with Crippen molar-refractivity contribution in [2.75, 3.05) is 11.9 Å². The zero-order valence-electron chi connectivity index (χ0n) is 10.5. The zero-order valence-corrected chi connectivity index (χ0v) is 12.0. The summed E-state index contributed by atoms with van der Waals surface area (Å²) in [6.07, 6.45) is -0.826. The number of benzene rings is 2. The van der Waals surface area contributed by atoms with E-state index in [9.17, 15) is 5.11 Å². The van der Waals surface area contributed by atoms with E-state index < -0.39 is 6.23 Å². The summed E-state index contributed by atoms with van der Waals surface area (Å²) in [4.78, 5) is 4.36. The molecule has 1 atom stereocenters. The summed E-state index contributed by atoms with van der Waals surface area (Å²) in [5.74, 6) is 0. The molecule has 3 rings (SSSR count). The average Bonchev–Trinajstić information content (AvgIpc) is 2.59. The summed E-state index contributed by atoms with van der Waals surface area (Å²) in [5, 5.41) is 14.3. The normalized spacial score (nSPS) is 17.8. The highest BCUT2D eigenvalue weighted by atomic mass is 35.5. The molecule has 0 aromatic heterocycles. The van der Waals surface area contributed by atoms with E-state index in [2.05, 4.69) is 10.3 Å². The molecule has 0 bridgehead atoms. The maximum absolute atomic E-state index is 9.93. The molecular formula is C15H12Cl2N2O. The third kappa shape index (κ3) is 2.52. The third-order valence-electron chi connectivity index (χ3n) is 3.12. The van der Waals surface area contributed by atoms with Gasteiger partial charge in [-0.15, -0.1) is 0 Å². The number of fused-ring (bicyclic) bond motifs is 1. The maximum Gasteiger partial charge on any atom is 0.163 e. The lowest BCUT2D eigenvalue weighted by molar-refractivity contribution is 0.199. The molecule has 0 saturated carbocycles. The summed E-state index contributed by atoms with van der Waals surface area (Å²) >= 11 is 12.3. The van der Waals surface area contributed by atoms with Crippen molar-refractivity contribution < 1.29 is 5.11 Å². The van der Waals surface area contributed by atoms with Gasteiger partial charge < -0.3 is 10.4 Å². The minimum Gasteiger partial charge on any atom is -0.380 e. The predicted molar refractivity (Wildman–Crippen MR) is 83.0 cm³/mol. The lowest BCUT2D eigenvalue weighted by atomic mass is 10.0. The van der Waals surface area contributed by atoms with Gasteiger partial charge in [-0.3, -0.25) is 4.99 Å². The van der Waals surface area contributed by atoms with Crippen LogP contribution in [0.25, 0.3) is 0 Å². The first kappa shape index (κ1) is 13.4. The number of halogens is 2. The van der Waals surface area contributed by atoms with E-state index in [0.29, 0.717) is 22.3 Å². The second-order valence-corrected chi connectivity index (χ2v) is 5.35. The van der Waals surface area contributed by atoms with E-state index in [1.54, 1.807) is 12.1 Å². The van der Waals surface area contributed by atoms with Crippen molar-refractivity contribution in [1.29, 1.82) is 0 Å². The molecule has 1 aliphatic rings. The van der Waals surface area contributed by atoms with Gasteiger partial charge in [0.2, 0.25) is 0 Å². The summed E-state index contributed by atoms with van der Waals surface area (Å²) in [7, 11) is 0. The number of nitrogens with zero attached hydrogens (tertiary/aromatic N) is 1. The number of nitrogens with one attached hydrogen (secondary N) is 1. The van der Waals surface area contributed by atoms with E-state index in [1.807, 2.05) is 30.3 Å². The largest absolute Gasteiger partial charge is 0.380 e. The van der Waals surface area contributed by atoms with E-state index in [-0.39, 0.29) is 0 Å². The number of hydrogen-bond donors (Lipinski definition) is 2. The Bertz CT molecular complexity index is 685. The van der Waals surface area contributed by atoms with E-state index in [1.165, 1.54) is 0 Å². The van der Waals surface area contributed by atoms with E-state index in [4.69, 9.17) is 23.2 Å². The molecule has 0 fully saturated rings. The second kappa shape index (κ2) is 5.44. The topological polar surface area (TPSA) is 44.6 Å². The number of hydrogen-bond acceptors (Lipinski definition) is 3. The van der Waals surface area contributed by atoms with Gasteiger partial charge in [0.05, 0.1) is 12.3 Å². The third-order valence-corrected chi connectivity index (χ3v) is 3.68. The Kier molecular flexibility index (Phi) is 3.66. The average molecular weight is 307 g/mol. The Morgan fingerprint density at radius 3 is 2.70 bits per heavy atom. The fourth-order valence-corrected chi connectivity index (χ4v) is 2.60. The first-order valence-corrected chi connectivity index (χ1v) is 6.95. The van der Waals surface area contributed by atoms with Crippen LogP contribution >= 0.6 is 23.2 Å². The highest BCUT2D eigenvalue weighted by molar-refractivity contribution is 6.36. The molecule has 2 N–H and O–H groups in total. The highest BCUT2D eigenvalue weighted by Gasteiger charge is 2.20. The van der Waals surface area contributed by atoms with Gasteiger partial charge in [0.15, 0.2) is 6.23 Å². The van der Waals surface area contributed by atoms with Crippen molar-refractivity contribution >= 4 is 34.6 Å². The van der Waals surface area contributed by atoms with Gasteiger partial charge in [0.25, 0.3) is 0 Å². The molecule has 1 aliphatic heterocycles. The first-order valence-electron chi connectivity index (χ1n) is 6.20. The number of anilines is 1. The van der Waals surface area contributed by atoms with Gasteiger partial charge in [-0.05, 0) is 24.3 Å². The Morgan fingerprint density at radius 1 is 1.10 bits per heavy atom. The predicted octanol–water partition coefficient (Wildman–Crippen LogP) is 3.57. The molecule has 102 valence electrons. The highest BCUT2D eigenvalue weighted by Crippen LogP contribution is 2.29. The van der Waals surface area contributed by atoms with Crippen LogP contribution in [-0.2, 0) is 0 Å². The number of aliphatic hydroxyl groups is 1. The number of aliphatic imine (C=N–C) groups is 1. The van der Waals surface area contributed by atoms with Crippen LogP contribution in [0.3, 0.4) is 0 Å². The fraction of sp³-hybridized carbons (Fsp3) is 0.133. The molecule has 0 radical (unpaired) electrons. The van der Waals surface area contributed by atoms with Crippen LogP contribution < -0.4 is 5.32 Å². The zero-order chi connectivity index (χ0) is 14.1. The number of rotatable bonds is 1. The Labute approximate surface area is 126 Å². The molecular weight excluding hydrogens is 295 g/mol. The summed E-state index contributed by atoms with van der Waals surface area (Å²) in [5.41, 5.74) is 3.14. The Balaban J connectivity index is 2.23. The van der Waals surface area contributed by atoms with E-state index in [0.717, 1.165) is 16.8 Å². The van der Waals surface area contributed by atoms with Crippen LogP contribution in [0.15, 0.2) is 47.5 Å². The summed E-state index contributed by atoms with van der Waals surface area (Å²) in [6.45, 7) is 0.350. The van der Waals surface area contributed by atoms with Crippen LogP contribution in [0.2, 0.25) is 10.0 Å². The van der Waals surface area contributed by atoms with Crippen LogP contribution in [0.4, 0.5) is 5.69 Å². The van der Waals surface area contributed by atoms with Crippen LogP contribution in [0.5, 0.6) is 0 Å². The fourth-order valence-electron chi connectivity index (χ4n) is 2.20. The van der Waals surface area contributed by atoms with Crippen LogP contribution in [0, 0.1) is 0 Å². The minimum absolute atomic E-state index is 0.350. The van der Waals surface area contributed by atoms with Crippen LogP contribution in [0.1, 0.15) is 11.1 Å². The van der Waals surface area contributed by atoms with Gasteiger partial charge >= 0.3 is 0 Å². The minimum atomic E-state index is -0.826. The van der Waals surface area contributed by atoms with Crippen molar-refractivity contribution in [3.8, 4) is 0 Å².